The summed E-state index contributed by atoms with van der Waals surface area (Å²) < 4.78 is 28.0. The van der Waals surface area contributed by atoms with Crippen molar-refractivity contribution in [2.45, 2.75) is 51.0 Å². The largest absolute Gasteiger partial charge is 0.489 e. The summed E-state index contributed by atoms with van der Waals surface area (Å²) in [6, 6.07) is 51.0. The number of piperidine rings is 2. The molecule has 0 aliphatic carbocycles. The fourth-order valence-electron chi connectivity index (χ4n) is 9.80. The fraction of sp³-hybridized carbons (Fsp3) is 0.188. The Balaban J connectivity index is 0.000000172. The first kappa shape index (κ1) is 56.4. The summed E-state index contributed by atoms with van der Waals surface area (Å²) in [5.41, 5.74) is 19.5. The molecule has 1 amide bonds. The van der Waals surface area contributed by atoms with Gasteiger partial charge in [-0.3, -0.25) is 9.59 Å². The number of amides is 1. The SMILES string of the molecule is C=CC(=O)Cl.C=CC(=O)N1CCC[C@@H](n2nc(-c3ccc(Oc4cccc(OCc5ccccc5)c4)cc3)c3c(N)ncnc32)C1.Nc1ncnc2c1c(-c1ccc(Oc3cccc(OCc4ccccc4)c3)cc1)nn2[C@@H]1CCCNC1. The topological polar surface area (TPSA) is 226 Å². The molecule has 420 valence electrons. The van der Waals surface area contributed by atoms with Gasteiger partial charge >= 0.3 is 0 Å². The van der Waals surface area contributed by atoms with Crippen molar-refractivity contribution in [2.24, 2.45) is 0 Å². The number of hydrogen-bond donors (Lipinski definition) is 3. The van der Waals surface area contributed by atoms with Gasteiger partial charge in [-0.25, -0.2) is 29.3 Å². The van der Waals surface area contributed by atoms with E-state index >= 15 is 0 Å². The van der Waals surface area contributed by atoms with Gasteiger partial charge in [0.1, 0.15) is 83.4 Å². The molecule has 0 radical (unpaired) electrons. The van der Waals surface area contributed by atoms with E-state index in [2.05, 4.69) is 38.4 Å². The van der Waals surface area contributed by atoms with Gasteiger partial charge in [-0.2, -0.15) is 10.2 Å². The molecule has 19 heteroatoms. The number of nitrogens with zero attached hydrogens (tertiary/aromatic N) is 9. The second kappa shape index (κ2) is 27.0. The van der Waals surface area contributed by atoms with E-state index in [0.717, 1.165) is 95.3 Å². The van der Waals surface area contributed by atoms with Gasteiger partial charge in [0.15, 0.2) is 11.3 Å². The first-order chi connectivity index (χ1) is 40.6. The first-order valence-corrected chi connectivity index (χ1v) is 27.5. The predicted molar refractivity (Wildman–Crippen MR) is 322 cm³/mol. The highest BCUT2D eigenvalue weighted by atomic mass is 35.5. The van der Waals surface area contributed by atoms with Crippen molar-refractivity contribution < 1.29 is 28.5 Å². The Labute approximate surface area is 485 Å². The van der Waals surface area contributed by atoms with E-state index in [9.17, 15) is 9.59 Å². The van der Waals surface area contributed by atoms with Crippen molar-refractivity contribution in [3.63, 3.8) is 0 Å². The van der Waals surface area contributed by atoms with Crippen LogP contribution >= 0.6 is 11.6 Å². The average Bonchev–Trinajstić information content (AvgIpc) is 4.30. The monoisotopic (exact) mass is 1130 g/mol. The number of carbonyl (C=O) groups excluding carboxylic acids is 2. The molecule has 12 rings (SSSR count). The Morgan fingerprint density at radius 3 is 1.51 bits per heavy atom. The molecule has 4 aromatic heterocycles. The molecule has 2 atom stereocenters. The smallest absolute Gasteiger partial charge is 0.246 e. The van der Waals surface area contributed by atoms with Gasteiger partial charge in [-0.1, -0.05) is 86.0 Å². The van der Waals surface area contributed by atoms with Crippen LogP contribution in [-0.2, 0) is 22.8 Å². The standard InChI is InChI=1S/C32H30N6O3.C29H28N6O2.C3H3ClO/c1-2-28(39)37-17-7-10-24(19-37)38-32-29(31(33)34-21-35-32)30(36-38)23-13-15-25(16-14-23)41-27-12-6-11-26(18-27)40-20-22-8-4-3-5-9-22;30-28-26-27(34-35(29(26)33-19-32-28)22-8-5-15-31-17-22)21-11-13-23(14-12-21)37-25-10-4-9-24(16-25)36-18-20-6-2-1-3-7-20;1-2-3(4)5/h2-6,8-9,11-16,18,21,24H,1,7,10,17,19-20H2,(H2,33,34,35);1-4,6-7,9-14,16,19,22,31H,5,8,15,17-18H2,(H2,30,32,33);2H,1H2/t24-;22-;/m11./s1. The van der Waals surface area contributed by atoms with Crippen LogP contribution in [0.2, 0.25) is 0 Å². The summed E-state index contributed by atoms with van der Waals surface area (Å²) in [4.78, 5) is 41.0. The third-order valence-electron chi connectivity index (χ3n) is 13.9. The quantitative estimate of drug-likeness (QED) is 0.0604. The van der Waals surface area contributed by atoms with Gasteiger partial charge in [0.2, 0.25) is 11.1 Å². The second-order valence-electron chi connectivity index (χ2n) is 19.5. The highest BCUT2D eigenvalue weighted by molar-refractivity contribution is 6.66. The van der Waals surface area contributed by atoms with Crippen LogP contribution in [0.15, 0.2) is 196 Å². The number of ether oxygens (including phenoxy) is 4. The highest BCUT2D eigenvalue weighted by Gasteiger charge is 2.29. The maximum absolute atomic E-state index is 12.3. The molecule has 0 spiro atoms. The number of nitrogens with two attached hydrogens (primary N) is 2. The Bertz CT molecular complexity index is 3840. The lowest BCUT2D eigenvalue weighted by molar-refractivity contribution is -0.127. The van der Waals surface area contributed by atoms with Crippen molar-refractivity contribution in [3.05, 3.63) is 207 Å². The van der Waals surface area contributed by atoms with Gasteiger partial charge < -0.3 is 40.6 Å². The molecule has 2 saturated heterocycles. The molecular formula is C64H61ClN12O6. The van der Waals surface area contributed by atoms with Crippen LogP contribution < -0.4 is 35.7 Å². The lowest BCUT2D eigenvalue weighted by atomic mass is 10.1. The summed E-state index contributed by atoms with van der Waals surface area (Å²) in [6.07, 6.45) is 9.25. The molecule has 0 bridgehead atoms. The molecule has 5 N–H and O–H groups in total. The van der Waals surface area contributed by atoms with E-state index in [0.29, 0.717) is 77.7 Å². The Morgan fingerprint density at radius 2 is 1.05 bits per heavy atom. The zero-order valence-electron chi connectivity index (χ0n) is 45.5. The second-order valence-corrected chi connectivity index (χ2v) is 19.9. The minimum atomic E-state index is -0.509. The number of halogens is 1. The number of aromatic nitrogens is 8. The lowest BCUT2D eigenvalue weighted by Gasteiger charge is -2.32. The summed E-state index contributed by atoms with van der Waals surface area (Å²) >= 11 is 4.71. The van der Waals surface area contributed by atoms with Crippen molar-refractivity contribution >= 4 is 56.5 Å². The summed E-state index contributed by atoms with van der Waals surface area (Å²) in [6.45, 7) is 10.8. The van der Waals surface area contributed by atoms with Crippen molar-refractivity contribution in [1.82, 2.24) is 49.7 Å². The number of likely N-dealkylation sites (tertiary alicyclic amines) is 1. The number of fused-ring (bicyclic) bond motifs is 2. The van der Waals surface area contributed by atoms with Crippen LogP contribution in [0.4, 0.5) is 11.6 Å². The third-order valence-corrected chi connectivity index (χ3v) is 14.0. The normalized spacial score (nSPS) is 14.7. The number of carbonyl (C=O) groups is 2. The molecule has 6 aromatic carbocycles. The van der Waals surface area contributed by atoms with Gasteiger partial charge in [0.25, 0.3) is 0 Å². The number of anilines is 2. The van der Waals surface area contributed by atoms with Crippen LogP contribution in [0.3, 0.4) is 0 Å². The molecule has 2 aliphatic rings. The molecule has 18 nitrogen and oxygen atoms in total. The predicted octanol–water partition coefficient (Wildman–Crippen LogP) is 12.1. The molecule has 10 aromatic rings. The van der Waals surface area contributed by atoms with Crippen LogP contribution in [0.5, 0.6) is 34.5 Å². The molecule has 0 saturated carbocycles. The number of nitrogens with one attached hydrogen (secondary N) is 1. The van der Waals surface area contributed by atoms with Crippen molar-refractivity contribution in [2.75, 3.05) is 37.6 Å². The molecule has 2 fully saturated rings. The van der Waals surface area contributed by atoms with Crippen LogP contribution in [0.1, 0.15) is 48.9 Å². The van der Waals surface area contributed by atoms with E-state index in [1.54, 1.807) is 4.90 Å². The maximum atomic E-state index is 12.3. The summed E-state index contributed by atoms with van der Waals surface area (Å²) in [5.74, 6) is 4.96. The van der Waals surface area contributed by atoms with Gasteiger partial charge in [0.05, 0.1) is 22.9 Å². The Hall–Kier alpha value is -9.91. The fourth-order valence-corrected chi connectivity index (χ4v) is 9.80. The van der Waals surface area contributed by atoms with Crippen LogP contribution in [-0.4, -0.2) is 81.7 Å². The zero-order chi connectivity index (χ0) is 57.5. The van der Waals surface area contributed by atoms with E-state index in [4.69, 9.17) is 52.2 Å². The Morgan fingerprint density at radius 1 is 0.578 bits per heavy atom. The minimum Gasteiger partial charge on any atom is -0.489 e. The van der Waals surface area contributed by atoms with Gasteiger partial charge in [0, 0.05) is 42.9 Å². The van der Waals surface area contributed by atoms with Crippen LogP contribution in [0.25, 0.3) is 44.6 Å². The number of allylic oxidation sites excluding steroid dienone is 1. The summed E-state index contributed by atoms with van der Waals surface area (Å²) in [7, 11) is 0. The van der Waals surface area contributed by atoms with E-state index < -0.39 is 5.24 Å². The number of benzene rings is 6. The molecule has 83 heavy (non-hydrogen) atoms. The van der Waals surface area contributed by atoms with Gasteiger partial charge in [-0.15, -0.1) is 0 Å². The van der Waals surface area contributed by atoms with E-state index in [-0.39, 0.29) is 18.0 Å². The maximum Gasteiger partial charge on any atom is 0.246 e. The molecular weight excluding hydrogens is 1070 g/mol. The van der Waals surface area contributed by atoms with Crippen molar-refractivity contribution in [3.8, 4) is 57.0 Å². The molecule has 0 unspecified atom stereocenters. The zero-order valence-corrected chi connectivity index (χ0v) is 46.2. The van der Waals surface area contributed by atoms with E-state index in [1.165, 1.54) is 18.7 Å². The number of rotatable bonds is 16. The minimum absolute atomic E-state index is 0.0304. The van der Waals surface area contributed by atoms with E-state index in [1.807, 2.05) is 167 Å². The van der Waals surface area contributed by atoms with Gasteiger partial charge in [-0.05, 0) is 140 Å². The molecule has 2 aliphatic heterocycles. The number of hydrogen-bond acceptors (Lipinski definition) is 15. The number of nitrogen functional groups attached to an aromatic ring is 2. The average molecular weight is 1130 g/mol. The van der Waals surface area contributed by atoms with Crippen LogP contribution in [0, 0.1) is 0 Å². The molecule has 6 heterocycles. The Kier molecular flexibility index (Phi) is 18.4. The highest BCUT2D eigenvalue weighted by Crippen LogP contribution is 2.37. The third kappa shape index (κ3) is 14.2. The lowest BCUT2D eigenvalue weighted by Crippen LogP contribution is -2.40. The first-order valence-electron chi connectivity index (χ1n) is 27.1. The van der Waals surface area contributed by atoms with Crippen molar-refractivity contribution in [1.29, 1.82) is 0 Å². The summed E-state index contributed by atoms with van der Waals surface area (Å²) in [5, 5.41) is 14.3.